The van der Waals surface area contributed by atoms with Crippen LogP contribution in [0.4, 0.5) is 10.5 Å². The summed E-state index contributed by atoms with van der Waals surface area (Å²) in [6.45, 7) is 9.57. The summed E-state index contributed by atoms with van der Waals surface area (Å²) in [5.41, 5.74) is 2.59. The molecule has 2 heterocycles. The molecule has 3 rings (SSSR count). The zero-order valence-corrected chi connectivity index (χ0v) is 23.4. The van der Waals surface area contributed by atoms with Crippen molar-refractivity contribution in [3.05, 3.63) is 47.1 Å². The number of sulfonamides is 1. The molecule has 0 radical (unpaired) electrons. The molecule has 1 atom stereocenters. The Morgan fingerprint density at radius 2 is 1.95 bits per heavy atom. The summed E-state index contributed by atoms with van der Waals surface area (Å²) in [5, 5.41) is 3.10. The van der Waals surface area contributed by atoms with Gasteiger partial charge in [0.2, 0.25) is 10.0 Å². The number of aromatic nitrogens is 4. The number of imidazole rings is 1. The van der Waals surface area contributed by atoms with E-state index in [9.17, 15) is 13.2 Å². The van der Waals surface area contributed by atoms with Crippen molar-refractivity contribution in [2.24, 2.45) is 0 Å². The molecule has 0 aliphatic carbocycles. The summed E-state index contributed by atoms with van der Waals surface area (Å²) in [6.07, 6.45) is 2.35. The van der Waals surface area contributed by atoms with Crippen molar-refractivity contribution in [3.63, 3.8) is 0 Å². The Bertz CT molecular complexity index is 1370. The zero-order valence-electron chi connectivity index (χ0n) is 21.8. The third-order valence-electron chi connectivity index (χ3n) is 5.55. The highest BCUT2D eigenvalue weighted by molar-refractivity contribution is 7.92. The monoisotopic (exact) mass is 548 g/mol. The number of halogens is 1. The molecule has 10 nitrogen and oxygen atoms in total. The molecule has 0 bridgehead atoms. The highest BCUT2D eigenvalue weighted by Gasteiger charge is 2.24. The number of carbonyl (C=O) groups is 1. The molecule has 3 aromatic rings. The van der Waals surface area contributed by atoms with E-state index in [2.05, 4.69) is 24.7 Å². The van der Waals surface area contributed by atoms with Crippen LogP contribution in [0.25, 0.3) is 22.6 Å². The third kappa shape index (κ3) is 7.65. The Kier molecular flexibility index (Phi) is 8.80. The van der Waals surface area contributed by atoms with Crippen LogP contribution in [0, 0.1) is 0 Å². The zero-order chi connectivity index (χ0) is 27.4. The number of aryl methyl sites for hydroxylation is 1. The number of ether oxygens (including phenoxy) is 1. The van der Waals surface area contributed by atoms with Gasteiger partial charge in [-0.05, 0) is 44.5 Å². The number of H-pyrrole nitrogens is 1. The smallest absolute Gasteiger partial charge is 0.407 e. The molecule has 0 aliphatic rings. The van der Waals surface area contributed by atoms with E-state index in [1.165, 1.54) is 7.11 Å². The van der Waals surface area contributed by atoms with Crippen molar-refractivity contribution >= 4 is 33.4 Å². The molecule has 0 aliphatic heterocycles. The second-order valence-corrected chi connectivity index (χ2v) is 12.2. The molecule has 0 fully saturated rings. The Morgan fingerprint density at radius 1 is 1.22 bits per heavy atom. The lowest BCUT2D eigenvalue weighted by Crippen LogP contribution is -2.32. The number of alkyl carbamates (subject to hydrolysis) is 1. The van der Waals surface area contributed by atoms with Crippen LogP contribution in [0.3, 0.4) is 0 Å². The van der Waals surface area contributed by atoms with Crippen LogP contribution in [0.1, 0.15) is 52.7 Å². The fraction of sp³-hybridized carbons (Fsp3) is 0.440. The first-order valence-corrected chi connectivity index (χ1v) is 13.9. The van der Waals surface area contributed by atoms with E-state index >= 15 is 0 Å². The van der Waals surface area contributed by atoms with Gasteiger partial charge in [-0.3, -0.25) is 4.72 Å². The Labute approximate surface area is 222 Å². The van der Waals surface area contributed by atoms with Crippen LogP contribution in [0.5, 0.6) is 0 Å². The Morgan fingerprint density at radius 3 is 2.59 bits per heavy atom. The van der Waals surface area contributed by atoms with Gasteiger partial charge in [-0.1, -0.05) is 32.4 Å². The van der Waals surface area contributed by atoms with Crippen LogP contribution in [0.15, 0.2) is 30.5 Å². The average molecular weight is 549 g/mol. The van der Waals surface area contributed by atoms with Crippen LogP contribution in [-0.2, 0) is 26.6 Å². The van der Waals surface area contributed by atoms with Crippen molar-refractivity contribution in [1.29, 1.82) is 0 Å². The summed E-state index contributed by atoms with van der Waals surface area (Å²) >= 11 is 6.37. The Hall–Kier alpha value is -3.18. The van der Waals surface area contributed by atoms with Gasteiger partial charge in [0.15, 0.2) is 0 Å². The molecule has 0 spiro atoms. The van der Waals surface area contributed by atoms with Gasteiger partial charge in [0.25, 0.3) is 0 Å². The van der Waals surface area contributed by atoms with Gasteiger partial charge in [0.1, 0.15) is 11.6 Å². The average Bonchev–Trinajstić information content (AvgIpc) is 3.29. The molecule has 0 saturated carbocycles. The van der Waals surface area contributed by atoms with E-state index in [0.717, 1.165) is 5.82 Å². The minimum absolute atomic E-state index is 0.0614. The molecule has 12 heteroatoms. The molecule has 2 aromatic heterocycles. The van der Waals surface area contributed by atoms with Gasteiger partial charge in [0, 0.05) is 34.7 Å². The SMILES string of the molecule is CCS(=O)(=O)Nc1cc(Cl)cc(-c2nc(C(C)(C)C)[nH]c2-c2ccnc(CC[C@H](C)NC(=O)OC)n2)c1. The standard InChI is InChI=1S/C25H33ClN6O4S/c1-7-37(34,35)32-18-13-16(12-17(26)14-18)21-22(31-23(30-21)25(3,4)5)19-10-11-27-20(29-19)9-8-15(2)28-24(33)36-6/h10-15,32H,7-9H2,1-6H3,(H,28,33)(H,30,31)/t15-/m0/s1. The molecule has 3 N–H and O–H groups in total. The largest absolute Gasteiger partial charge is 0.453 e. The number of hydrogen-bond acceptors (Lipinski definition) is 7. The van der Waals surface area contributed by atoms with Gasteiger partial charge < -0.3 is 15.0 Å². The van der Waals surface area contributed by atoms with E-state index in [0.29, 0.717) is 52.0 Å². The molecule has 0 saturated heterocycles. The maximum atomic E-state index is 12.2. The lowest BCUT2D eigenvalue weighted by Gasteiger charge is -2.14. The summed E-state index contributed by atoms with van der Waals surface area (Å²) in [5.74, 6) is 1.29. The molecule has 1 amide bonds. The minimum Gasteiger partial charge on any atom is -0.453 e. The minimum atomic E-state index is -3.49. The number of amides is 1. The number of nitrogens with zero attached hydrogens (tertiary/aromatic N) is 3. The number of carbonyl (C=O) groups excluding carboxylic acids is 1. The lowest BCUT2D eigenvalue weighted by molar-refractivity contribution is 0.167. The van der Waals surface area contributed by atoms with Crippen molar-refractivity contribution < 1.29 is 17.9 Å². The second kappa shape index (κ2) is 11.5. The molecule has 37 heavy (non-hydrogen) atoms. The number of benzene rings is 1. The van der Waals surface area contributed by atoms with Gasteiger partial charge in [-0.2, -0.15) is 0 Å². The molecule has 1 aromatic carbocycles. The quantitative estimate of drug-likeness (QED) is 0.344. The van der Waals surface area contributed by atoms with Crippen LogP contribution >= 0.6 is 11.6 Å². The highest BCUT2D eigenvalue weighted by atomic mass is 35.5. The number of rotatable bonds is 9. The van der Waals surface area contributed by atoms with Crippen LogP contribution < -0.4 is 10.0 Å². The van der Waals surface area contributed by atoms with E-state index < -0.39 is 16.1 Å². The molecular weight excluding hydrogens is 516 g/mol. The van der Waals surface area contributed by atoms with Crippen molar-refractivity contribution in [3.8, 4) is 22.6 Å². The Balaban J connectivity index is 2.01. The summed E-state index contributed by atoms with van der Waals surface area (Å²) < 4.78 is 31.5. The van der Waals surface area contributed by atoms with E-state index in [-0.39, 0.29) is 17.2 Å². The number of anilines is 1. The lowest BCUT2D eigenvalue weighted by atomic mass is 9.96. The van der Waals surface area contributed by atoms with E-state index in [4.69, 9.17) is 21.6 Å². The first-order chi connectivity index (χ1) is 17.3. The number of hydrogen-bond donors (Lipinski definition) is 3. The second-order valence-electron chi connectivity index (χ2n) is 9.73. The van der Waals surface area contributed by atoms with Crippen molar-refractivity contribution in [1.82, 2.24) is 25.3 Å². The van der Waals surface area contributed by atoms with Crippen molar-refractivity contribution in [2.45, 2.75) is 58.9 Å². The van der Waals surface area contributed by atoms with Gasteiger partial charge in [-0.25, -0.2) is 28.2 Å². The summed E-state index contributed by atoms with van der Waals surface area (Å²) in [4.78, 5) is 28.8. The van der Waals surface area contributed by atoms with Gasteiger partial charge >= 0.3 is 6.09 Å². The maximum absolute atomic E-state index is 12.2. The third-order valence-corrected chi connectivity index (χ3v) is 7.08. The fourth-order valence-electron chi connectivity index (χ4n) is 3.50. The normalized spacial score (nSPS) is 12.7. The predicted octanol–water partition coefficient (Wildman–Crippen LogP) is 4.92. The topological polar surface area (TPSA) is 139 Å². The summed E-state index contributed by atoms with van der Waals surface area (Å²) in [6, 6.07) is 6.66. The van der Waals surface area contributed by atoms with Gasteiger partial charge in [0.05, 0.1) is 35.6 Å². The molecule has 0 unspecified atom stereocenters. The van der Waals surface area contributed by atoms with Crippen LogP contribution in [0.2, 0.25) is 5.02 Å². The highest BCUT2D eigenvalue weighted by Crippen LogP contribution is 2.35. The predicted molar refractivity (Wildman–Crippen MR) is 145 cm³/mol. The van der Waals surface area contributed by atoms with Crippen molar-refractivity contribution in [2.75, 3.05) is 17.6 Å². The summed E-state index contributed by atoms with van der Waals surface area (Å²) in [7, 11) is -2.17. The molecule has 200 valence electrons. The van der Waals surface area contributed by atoms with E-state index in [1.54, 1.807) is 37.4 Å². The first-order valence-electron chi connectivity index (χ1n) is 11.9. The van der Waals surface area contributed by atoms with Gasteiger partial charge in [-0.15, -0.1) is 0 Å². The maximum Gasteiger partial charge on any atom is 0.407 e. The van der Waals surface area contributed by atoms with E-state index in [1.807, 2.05) is 27.7 Å². The number of methoxy groups -OCH3 is 1. The first kappa shape index (κ1) is 28.4. The molecular formula is C25H33ClN6O4S. The number of aromatic amines is 1. The number of nitrogens with one attached hydrogen (secondary N) is 3. The fourth-order valence-corrected chi connectivity index (χ4v) is 4.35. The van der Waals surface area contributed by atoms with Crippen LogP contribution in [-0.4, -0.2) is 53.4 Å².